The first-order valence-electron chi connectivity index (χ1n) is 12.9. The first-order chi connectivity index (χ1) is 19.1. The lowest BCUT2D eigenvalue weighted by atomic mass is 9.63. The van der Waals surface area contributed by atoms with Crippen molar-refractivity contribution in [2.24, 2.45) is 5.41 Å². The number of nitrogens with zero attached hydrogens (tertiary/aromatic N) is 4. The molecule has 1 N–H and O–H groups in total. The lowest BCUT2D eigenvalue weighted by Gasteiger charge is -2.46. The van der Waals surface area contributed by atoms with Crippen LogP contribution in [0.15, 0.2) is 41.1 Å². The third-order valence-corrected chi connectivity index (χ3v) is 9.12. The van der Waals surface area contributed by atoms with Crippen LogP contribution in [0.1, 0.15) is 65.4 Å². The predicted octanol–water partition coefficient (Wildman–Crippen LogP) is 7.15. The number of piperidine rings is 1. The van der Waals surface area contributed by atoms with Gasteiger partial charge in [0.15, 0.2) is 16.6 Å². The molecule has 3 aliphatic rings. The summed E-state index contributed by atoms with van der Waals surface area (Å²) in [5.74, 6) is -1.02. The number of anilines is 1. The number of alkyl halides is 3. The van der Waals surface area contributed by atoms with E-state index in [2.05, 4.69) is 26.1 Å². The maximum Gasteiger partial charge on any atom is 0.434 e. The Balaban J connectivity index is 1.15. The predicted molar refractivity (Wildman–Crippen MR) is 140 cm³/mol. The molecule has 40 heavy (non-hydrogen) atoms. The van der Waals surface area contributed by atoms with Crippen LogP contribution in [0.5, 0.6) is 0 Å². The highest BCUT2D eigenvalue weighted by Gasteiger charge is 2.45. The minimum atomic E-state index is -4.62. The van der Waals surface area contributed by atoms with E-state index in [1.54, 1.807) is 0 Å². The van der Waals surface area contributed by atoms with Crippen molar-refractivity contribution in [1.29, 1.82) is 0 Å². The second-order valence-corrected chi connectivity index (χ2v) is 11.8. The maximum absolute atomic E-state index is 14.5. The van der Waals surface area contributed by atoms with Gasteiger partial charge in [-0.05, 0) is 67.4 Å². The van der Waals surface area contributed by atoms with E-state index in [1.165, 1.54) is 29.5 Å². The molecule has 4 aromatic rings. The van der Waals surface area contributed by atoms with Crippen LogP contribution in [0.25, 0.3) is 27.0 Å². The van der Waals surface area contributed by atoms with Crippen LogP contribution >= 0.6 is 11.3 Å². The summed E-state index contributed by atoms with van der Waals surface area (Å²) in [6.07, 6.45) is 2.82. The quantitative estimate of drug-likeness (QED) is 0.255. The molecule has 3 aromatic heterocycles. The second-order valence-electron chi connectivity index (χ2n) is 10.7. The lowest BCUT2D eigenvalue weighted by Crippen LogP contribution is -2.42. The van der Waals surface area contributed by atoms with E-state index in [0.717, 1.165) is 43.5 Å². The highest BCUT2D eigenvalue weighted by molar-refractivity contribution is 7.22. The molecule has 206 valence electrons. The average molecular weight is 571 g/mol. The van der Waals surface area contributed by atoms with E-state index < -0.39 is 23.7 Å². The van der Waals surface area contributed by atoms with E-state index >= 15 is 0 Å². The van der Waals surface area contributed by atoms with Crippen LogP contribution < -0.4 is 4.90 Å². The third kappa shape index (κ3) is 4.16. The number of benzene rings is 1. The summed E-state index contributed by atoms with van der Waals surface area (Å²) in [6, 6.07) is 5.29. The van der Waals surface area contributed by atoms with Crippen molar-refractivity contribution in [1.82, 2.24) is 15.1 Å². The second kappa shape index (κ2) is 8.85. The SMILES string of the molecule is O=C(O)c1cc(F)c2nc(N3CCC4(C=C(c5c(-c6cccnc6C(F)(F)F)noc5C5CC5)C4)CC3)sc2c1. The van der Waals surface area contributed by atoms with Gasteiger partial charge in [-0.15, -0.1) is 0 Å². The van der Waals surface area contributed by atoms with Crippen LogP contribution in [0.3, 0.4) is 0 Å². The van der Waals surface area contributed by atoms with E-state index in [4.69, 9.17) is 4.52 Å². The summed E-state index contributed by atoms with van der Waals surface area (Å²) in [4.78, 5) is 21.4. The molecule has 1 saturated carbocycles. The third-order valence-electron chi connectivity index (χ3n) is 8.06. The number of aromatic nitrogens is 3. The van der Waals surface area contributed by atoms with Crippen molar-refractivity contribution < 1.29 is 32.0 Å². The number of hydrogen-bond donors (Lipinski definition) is 1. The molecule has 2 fully saturated rings. The molecule has 1 aliphatic heterocycles. The van der Waals surface area contributed by atoms with Gasteiger partial charge in [-0.1, -0.05) is 22.6 Å². The Bertz CT molecular complexity index is 1700. The Kier molecular flexibility index (Phi) is 5.57. The van der Waals surface area contributed by atoms with E-state index in [-0.39, 0.29) is 33.7 Å². The molecule has 0 unspecified atom stereocenters. The normalized spacial score (nSPS) is 18.7. The van der Waals surface area contributed by atoms with E-state index in [1.807, 2.05) is 0 Å². The minimum absolute atomic E-state index is 0.0774. The van der Waals surface area contributed by atoms with Crippen molar-refractivity contribution in [2.45, 2.75) is 44.2 Å². The summed E-state index contributed by atoms with van der Waals surface area (Å²) in [6.45, 7) is 1.34. The number of halogens is 4. The van der Waals surface area contributed by atoms with Crippen molar-refractivity contribution in [2.75, 3.05) is 18.0 Å². The molecule has 0 radical (unpaired) electrons. The minimum Gasteiger partial charge on any atom is -0.478 e. The van der Waals surface area contributed by atoms with Crippen LogP contribution in [-0.4, -0.2) is 39.3 Å². The van der Waals surface area contributed by atoms with Crippen LogP contribution in [-0.2, 0) is 6.18 Å². The molecule has 1 saturated heterocycles. The molecule has 1 aromatic carbocycles. The molecule has 0 bridgehead atoms. The maximum atomic E-state index is 14.5. The van der Waals surface area contributed by atoms with Gasteiger partial charge in [0.2, 0.25) is 0 Å². The Hall–Kier alpha value is -3.80. The zero-order valence-corrected chi connectivity index (χ0v) is 21.8. The van der Waals surface area contributed by atoms with Gasteiger partial charge in [-0.3, -0.25) is 4.98 Å². The Labute approximate surface area is 229 Å². The molecule has 7 nitrogen and oxygen atoms in total. The molecule has 0 atom stereocenters. The summed E-state index contributed by atoms with van der Waals surface area (Å²) < 4.78 is 61.9. The molecular weight excluding hydrogens is 548 g/mol. The topological polar surface area (TPSA) is 92.3 Å². The Morgan fingerprint density at radius 3 is 2.62 bits per heavy atom. The summed E-state index contributed by atoms with van der Waals surface area (Å²) in [7, 11) is 0. The van der Waals surface area contributed by atoms with Crippen LogP contribution in [0.4, 0.5) is 22.7 Å². The van der Waals surface area contributed by atoms with E-state index in [9.17, 15) is 27.5 Å². The molecule has 12 heteroatoms. The molecule has 1 spiro atoms. The zero-order valence-electron chi connectivity index (χ0n) is 21.0. The van der Waals surface area contributed by atoms with Gasteiger partial charge in [-0.25, -0.2) is 14.2 Å². The number of thiazole rings is 1. The number of fused-ring (bicyclic) bond motifs is 1. The molecule has 0 amide bonds. The number of carboxylic acids is 1. The largest absolute Gasteiger partial charge is 0.478 e. The molecular formula is C28H22F4N4O3S. The van der Waals surface area contributed by atoms with Crippen molar-refractivity contribution in [3.05, 3.63) is 64.9 Å². The van der Waals surface area contributed by atoms with Gasteiger partial charge in [0.25, 0.3) is 0 Å². The standard InChI is InChI=1S/C28H22F4N4O3S/c29-18-10-15(25(37)38)11-19-22(18)34-26(40-19)36-8-5-27(6-9-36)12-16(13-27)20-21(35-39-23(20)14-3-4-14)17-2-1-7-33-24(17)28(30,31)32/h1-2,7,10-12,14H,3-6,8-9,13H2,(H,37,38). The van der Waals surface area contributed by atoms with Crippen LogP contribution in [0.2, 0.25) is 0 Å². The molecule has 4 heterocycles. The number of pyridine rings is 1. The molecule has 7 rings (SSSR count). The van der Waals surface area contributed by atoms with Gasteiger partial charge in [0, 0.05) is 36.3 Å². The smallest absolute Gasteiger partial charge is 0.434 e. The summed E-state index contributed by atoms with van der Waals surface area (Å²) >= 11 is 1.27. The first kappa shape index (κ1) is 25.2. The van der Waals surface area contributed by atoms with Gasteiger partial charge in [-0.2, -0.15) is 13.2 Å². The summed E-state index contributed by atoms with van der Waals surface area (Å²) in [5, 5.41) is 14.0. The fourth-order valence-corrected chi connectivity index (χ4v) is 6.90. The summed E-state index contributed by atoms with van der Waals surface area (Å²) in [5.41, 5.74) is 0.718. The number of rotatable bonds is 5. The zero-order chi connectivity index (χ0) is 27.8. The lowest BCUT2D eigenvalue weighted by molar-refractivity contribution is -0.140. The number of aromatic carboxylic acids is 1. The number of carbonyl (C=O) groups is 1. The first-order valence-corrected chi connectivity index (χ1v) is 13.8. The van der Waals surface area contributed by atoms with E-state index in [0.29, 0.717) is 40.7 Å². The van der Waals surface area contributed by atoms with Crippen molar-refractivity contribution in [3.63, 3.8) is 0 Å². The van der Waals surface area contributed by atoms with Gasteiger partial charge >= 0.3 is 12.1 Å². The Morgan fingerprint density at radius 1 is 1.20 bits per heavy atom. The fraction of sp³-hybridized carbons (Fsp3) is 0.357. The van der Waals surface area contributed by atoms with Gasteiger partial charge < -0.3 is 14.5 Å². The number of carboxylic acid groups (broad SMARTS) is 1. The number of allylic oxidation sites excluding steroid dienone is 2. The Morgan fingerprint density at radius 2 is 1.95 bits per heavy atom. The fourth-order valence-electron chi connectivity index (χ4n) is 5.82. The van der Waals surface area contributed by atoms with Gasteiger partial charge in [0.05, 0.1) is 10.3 Å². The monoisotopic (exact) mass is 570 g/mol. The van der Waals surface area contributed by atoms with Crippen molar-refractivity contribution in [3.8, 4) is 11.3 Å². The number of hydrogen-bond acceptors (Lipinski definition) is 7. The molecule has 2 aliphatic carbocycles. The highest BCUT2D eigenvalue weighted by Crippen LogP contribution is 2.56. The highest BCUT2D eigenvalue weighted by atomic mass is 32.1. The average Bonchev–Trinajstić information content (AvgIpc) is 3.50. The van der Waals surface area contributed by atoms with Gasteiger partial charge in [0.1, 0.15) is 17.0 Å². The van der Waals surface area contributed by atoms with Crippen LogP contribution in [0, 0.1) is 11.2 Å². The van der Waals surface area contributed by atoms with Crippen molar-refractivity contribution >= 4 is 38.2 Å².